The molecular weight excluding hydrogens is 495 g/mol. The molecule has 0 spiro atoms. The van der Waals surface area contributed by atoms with E-state index in [0.717, 1.165) is 43.0 Å². The van der Waals surface area contributed by atoms with Gasteiger partial charge in [0.05, 0.1) is 29.0 Å². The van der Waals surface area contributed by atoms with Crippen molar-refractivity contribution in [2.45, 2.75) is 6.54 Å². The molecule has 1 fully saturated rings. The summed E-state index contributed by atoms with van der Waals surface area (Å²) in [5.74, 6) is -0.460. The predicted molar refractivity (Wildman–Crippen MR) is 153 cm³/mol. The fourth-order valence-electron chi connectivity index (χ4n) is 4.79. The molecule has 0 saturated carbocycles. The maximum absolute atomic E-state index is 13.9. The zero-order valence-electron chi connectivity index (χ0n) is 22.2. The normalized spacial score (nSPS) is 15.1. The van der Waals surface area contributed by atoms with E-state index in [1.165, 1.54) is 12.1 Å². The lowest BCUT2D eigenvalue weighted by atomic mass is 9.99. The number of hydrogen-bond acceptors (Lipinski definition) is 6. The molecule has 1 aliphatic rings. The monoisotopic (exact) mass is 528 g/mol. The Morgan fingerprint density at radius 1 is 1.05 bits per heavy atom. The predicted octanol–water partition coefficient (Wildman–Crippen LogP) is 3.85. The molecule has 4 N–H and O–H groups in total. The van der Waals surface area contributed by atoms with Crippen LogP contribution in [0.4, 0.5) is 15.8 Å². The number of halogens is 1. The summed E-state index contributed by atoms with van der Waals surface area (Å²) in [6, 6.07) is 19.4. The third-order valence-corrected chi connectivity index (χ3v) is 7.25. The molecule has 2 heterocycles. The molecular formula is C30H33FN6O2. The maximum Gasteiger partial charge on any atom is 0.240 e. The number of nitrogens with two attached hydrogens (primary N) is 1. The zero-order chi connectivity index (χ0) is 27.5. The molecule has 8 nitrogen and oxygen atoms in total. The molecule has 1 amide bonds. The molecule has 9 heteroatoms. The molecule has 0 bridgehead atoms. The Morgan fingerprint density at radius 3 is 2.41 bits per heavy atom. The summed E-state index contributed by atoms with van der Waals surface area (Å²) in [7, 11) is 3.87. The van der Waals surface area contributed by atoms with Crippen molar-refractivity contribution in [3.63, 3.8) is 0 Å². The number of rotatable bonds is 7. The van der Waals surface area contributed by atoms with Gasteiger partial charge in [-0.3, -0.25) is 9.69 Å². The highest BCUT2D eigenvalue weighted by Crippen LogP contribution is 2.32. The van der Waals surface area contributed by atoms with Gasteiger partial charge in [0.2, 0.25) is 5.91 Å². The topological polar surface area (TPSA) is 101 Å². The minimum atomic E-state index is -0.400. The molecule has 1 aromatic heterocycles. The van der Waals surface area contributed by atoms with Crippen LogP contribution in [0.5, 0.6) is 5.88 Å². The summed E-state index contributed by atoms with van der Waals surface area (Å²) in [6.45, 7) is 4.47. The second-order valence-corrected chi connectivity index (χ2v) is 9.95. The molecule has 0 aliphatic carbocycles. The van der Waals surface area contributed by atoms with Crippen molar-refractivity contribution in [1.29, 1.82) is 0 Å². The molecule has 1 saturated heterocycles. The summed E-state index contributed by atoms with van der Waals surface area (Å²) >= 11 is 0. The van der Waals surface area contributed by atoms with Crippen LogP contribution in [0.25, 0.3) is 10.9 Å². The number of amides is 1. The highest BCUT2D eigenvalue weighted by molar-refractivity contribution is 6.21. The van der Waals surface area contributed by atoms with Crippen molar-refractivity contribution in [1.82, 2.24) is 14.8 Å². The van der Waals surface area contributed by atoms with Gasteiger partial charge in [-0.15, -0.1) is 0 Å². The van der Waals surface area contributed by atoms with Crippen LogP contribution in [0, 0.1) is 5.82 Å². The first kappa shape index (κ1) is 26.6. The Hall–Kier alpha value is -4.05. The minimum Gasteiger partial charge on any atom is -0.494 e. The Bertz CT molecular complexity index is 1490. The number of aliphatic imine (C=N–C) groups is 1. The smallest absolute Gasteiger partial charge is 0.240 e. The summed E-state index contributed by atoms with van der Waals surface area (Å²) < 4.78 is 13.9. The van der Waals surface area contributed by atoms with E-state index in [9.17, 15) is 14.3 Å². The van der Waals surface area contributed by atoms with Crippen LogP contribution >= 0.6 is 0 Å². The van der Waals surface area contributed by atoms with E-state index < -0.39 is 5.82 Å². The lowest BCUT2D eigenvalue weighted by Crippen LogP contribution is -2.48. The number of carbonyl (C=O) groups is 1. The van der Waals surface area contributed by atoms with Gasteiger partial charge in [-0.1, -0.05) is 24.3 Å². The van der Waals surface area contributed by atoms with Crippen molar-refractivity contribution in [3.8, 4) is 5.88 Å². The van der Waals surface area contributed by atoms with E-state index in [1.54, 1.807) is 18.0 Å². The van der Waals surface area contributed by atoms with Gasteiger partial charge in [0, 0.05) is 56.4 Å². The SMILES string of the molecule is CN1CCN(CC(=O)N(C)c2ccc(N=C(c3ccc(CN)cc3)c3c(O)[nH]c4cc(F)ccc34)cc2)CC1. The third kappa shape index (κ3) is 5.85. The number of aromatic amines is 1. The van der Waals surface area contributed by atoms with E-state index in [0.29, 0.717) is 41.0 Å². The lowest BCUT2D eigenvalue weighted by Gasteiger charge is -2.32. The number of nitrogens with one attached hydrogen (secondary N) is 1. The van der Waals surface area contributed by atoms with Crippen LogP contribution in [-0.2, 0) is 11.3 Å². The molecule has 202 valence electrons. The van der Waals surface area contributed by atoms with Crippen molar-refractivity contribution in [2.24, 2.45) is 10.7 Å². The Labute approximate surface area is 227 Å². The average molecular weight is 529 g/mol. The number of aromatic nitrogens is 1. The van der Waals surface area contributed by atoms with Gasteiger partial charge in [-0.05, 0) is 55.1 Å². The standard InChI is InChI=1S/C30H33FN6O2/c1-35-13-15-37(16-14-35)19-27(38)36(2)24-10-8-23(9-11-24)33-29(21-5-3-20(18-32)4-6-21)28-25-12-7-22(31)17-26(25)34-30(28)39/h3-12,17,34,39H,13-16,18-19,32H2,1-2H3. The van der Waals surface area contributed by atoms with Gasteiger partial charge in [0.25, 0.3) is 0 Å². The Balaban J connectivity index is 1.45. The second-order valence-electron chi connectivity index (χ2n) is 9.95. The number of likely N-dealkylation sites (N-methyl/N-ethyl adjacent to an activating group) is 2. The minimum absolute atomic E-state index is 0.0347. The summed E-state index contributed by atoms with van der Waals surface area (Å²) in [4.78, 5) is 26.8. The van der Waals surface area contributed by atoms with E-state index in [1.807, 2.05) is 48.5 Å². The number of anilines is 1. The fraction of sp³-hybridized carbons (Fsp3) is 0.267. The number of H-pyrrole nitrogens is 1. The van der Waals surface area contributed by atoms with E-state index in [4.69, 9.17) is 10.7 Å². The zero-order valence-corrected chi connectivity index (χ0v) is 22.2. The largest absolute Gasteiger partial charge is 0.494 e. The summed E-state index contributed by atoms with van der Waals surface area (Å²) in [6.07, 6.45) is 0. The summed E-state index contributed by atoms with van der Waals surface area (Å²) in [5.41, 5.74) is 10.4. The van der Waals surface area contributed by atoms with Crippen molar-refractivity contribution in [3.05, 3.63) is 89.2 Å². The molecule has 39 heavy (non-hydrogen) atoms. The molecule has 4 aromatic rings. The van der Waals surface area contributed by atoms with Crippen LogP contribution in [-0.4, -0.2) is 78.3 Å². The van der Waals surface area contributed by atoms with Gasteiger partial charge in [-0.25, -0.2) is 9.38 Å². The number of nitrogens with zero attached hydrogens (tertiary/aromatic N) is 4. The Kier molecular flexibility index (Phi) is 7.74. The lowest BCUT2D eigenvalue weighted by molar-refractivity contribution is -0.119. The molecule has 1 aliphatic heterocycles. The van der Waals surface area contributed by atoms with Crippen LogP contribution in [0.2, 0.25) is 0 Å². The number of aromatic hydroxyl groups is 1. The van der Waals surface area contributed by atoms with E-state index in [2.05, 4.69) is 21.8 Å². The van der Waals surface area contributed by atoms with Gasteiger partial charge < -0.3 is 25.6 Å². The van der Waals surface area contributed by atoms with Crippen LogP contribution in [0.1, 0.15) is 16.7 Å². The van der Waals surface area contributed by atoms with Crippen LogP contribution in [0.3, 0.4) is 0 Å². The van der Waals surface area contributed by atoms with Crippen LogP contribution in [0.15, 0.2) is 71.7 Å². The number of hydrogen-bond donors (Lipinski definition) is 3. The summed E-state index contributed by atoms with van der Waals surface area (Å²) in [5, 5.41) is 11.5. The number of fused-ring (bicyclic) bond motifs is 1. The number of piperazine rings is 1. The highest BCUT2D eigenvalue weighted by atomic mass is 19.1. The second kappa shape index (κ2) is 11.4. The van der Waals surface area contributed by atoms with Gasteiger partial charge in [0.1, 0.15) is 5.82 Å². The highest BCUT2D eigenvalue weighted by Gasteiger charge is 2.21. The maximum atomic E-state index is 13.9. The van der Waals surface area contributed by atoms with Gasteiger partial charge >= 0.3 is 0 Å². The first-order valence-electron chi connectivity index (χ1n) is 13.0. The van der Waals surface area contributed by atoms with E-state index >= 15 is 0 Å². The van der Waals surface area contributed by atoms with Crippen molar-refractivity contribution < 1.29 is 14.3 Å². The molecule has 3 aromatic carbocycles. The van der Waals surface area contributed by atoms with Gasteiger partial charge in [-0.2, -0.15) is 0 Å². The fourth-order valence-corrected chi connectivity index (χ4v) is 4.79. The van der Waals surface area contributed by atoms with Crippen LogP contribution < -0.4 is 10.6 Å². The molecule has 5 rings (SSSR count). The average Bonchev–Trinajstić information content (AvgIpc) is 3.27. The van der Waals surface area contributed by atoms with Crippen molar-refractivity contribution >= 4 is 33.9 Å². The first-order valence-corrected chi connectivity index (χ1v) is 13.0. The Morgan fingerprint density at radius 2 is 1.74 bits per heavy atom. The number of carbonyl (C=O) groups excluding carboxylic acids is 1. The van der Waals surface area contributed by atoms with Crippen molar-refractivity contribution in [2.75, 3.05) is 51.7 Å². The quantitative estimate of drug-likeness (QED) is 0.317. The third-order valence-electron chi connectivity index (χ3n) is 7.25. The molecule has 0 unspecified atom stereocenters. The first-order chi connectivity index (χ1) is 18.8. The van der Waals surface area contributed by atoms with E-state index in [-0.39, 0.29) is 11.8 Å². The number of benzene rings is 3. The van der Waals surface area contributed by atoms with Gasteiger partial charge in [0.15, 0.2) is 5.88 Å². The molecule has 0 radical (unpaired) electrons. The molecule has 0 atom stereocenters.